The third kappa shape index (κ3) is 4.26. The number of carbonyl (C=O) groups is 1. The fourth-order valence-electron chi connectivity index (χ4n) is 2.85. The van der Waals surface area contributed by atoms with Crippen LogP contribution >= 0.6 is 0 Å². The van der Waals surface area contributed by atoms with E-state index in [1.807, 2.05) is 11.8 Å². The summed E-state index contributed by atoms with van der Waals surface area (Å²) in [6.07, 6.45) is -0.0430. The summed E-state index contributed by atoms with van der Waals surface area (Å²) in [5, 5.41) is 2.69. The zero-order valence-electron chi connectivity index (χ0n) is 14.6. The van der Waals surface area contributed by atoms with Gasteiger partial charge in [0.25, 0.3) is 5.56 Å². The Hall–Kier alpha value is -2.74. The van der Waals surface area contributed by atoms with Crippen molar-refractivity contribution in [2.24, 2.45) is 0 Å². The van der Waals surface area contributed by atoms with Gasteiger partial charge in [-0.2, -0.15) is 0 Å². The van der Waals surface area contributed by atoms with Gasteiger partial charge in [0.1, 0.15) is 17.5 Å². The van der Waals surface area contributed by atoms with E-state index in [0.29, 0.717) is 50.2 Å². The minimum Gasteiger partial charge on any atom is -0.378 e. The van der Waals surface area contributed by atoms with Gasteiger partial charge in [-0.1, -0.05) is 0 Å². The van der Waals surface area contributed by atoms with E-state index >= 15 is 0 Å². The average Bonchev–Trinajstić information content (AvgIpc) is 2.64. The van der Waals surface area contributed by atoms with E-state index < -0.39 is 0 Å². The second-order valence-corrected chi connectivity index (χ2v) is 5.94. The van der Waals surface area contributed by atoms with Crippen molar-refractivity contribution in [3.63, 3.8) is 0 Å². The molecule has 26 heavy (non-hydrogen) atoms. The van der Waals surface area contributed by atoms with Gasteiger partial charge in [0.2, 0.25) is 5.91 Å². The monoisotopic (exact) mass is 360 g/mol. The standard InChI is InChI=1S/C18H21FN4O3/c1-2-23-16(11-17(24)20-14-5-3-13(19)4-6-14)21-15(12-18(23)25)22-7-9-26-10-8-22/h3-6,12H,2,7-11H2,1H3,(H,20,24). The number of carbonyl (C=O) groups excluding carboxylic acids is 1. The molecule has 3 rings (SSSR count). The maximum absolute atomic E-state index is 13.0. The highest BCUT2D eigenvalue weighted by Gasteiger charge is 2.17. The zero-order valence-corrected chi connectivity index (χ0v) is 14.6. The summed E-state index contributed by atoms with van der Waals surface area (Å²) in [6.45, 7) is 4.73. The summed E-state index contributed by atoms with van der Waals surface area (Å²) in [4.78, 5) is 31.3. The number of benzene rings is 1. The summed E-state index contributed by atoms with van der Waals surface area (Å²) >= 11 is 0. The SMILES string of the molecule is CCn1c(CC(=O)Nc2ccc(F)cc2)nc(N2CCOCC2)cc1=O. The van der Waals surface area contributed by atoms with Gasteiger partial charge in [-0.25, -0.2) is 9.37 Å². The molecular weight excluding hydrogens is 339 g/mol. The Morgan fingerprint density at radius 2 is 1.96 bits per heavy atom. The number of rotatable bonds is 5. The van der Waals surface area contributed by atoms with Crippen molar-refractivity contribution in [3.05, 3.63) is 52.3 Å². The number of nitrogens with one attached hydrogen (secondary N) is 1. The third-order valence-corrected chi connectivity index (χ3v) is 4.17. The Kier molecular flexibility index (Phi) is 5.62. The van der Waals surface area contributed by atoms with Crippen LogP contribution in [0.1, 0.15) is 12.7 Å². The Labute approximate surface area is 150 Å². The summed E-state index contributed by atoms with van der Waals surface area (Å²) in [5.74, 6) is 0.279. The first kappa shape index (κ1) is 18.1. The van der Waals surface area contributed by atoms with Gasteiger partial charge >= 0.3 is 0 Å². The molecule has 2 aromatic rings. The number of anilines is 2. The molecule has 0 aliphatic carbocycles. The molecule has 1 N–H and O–H groups in total. The zero-order chi connectivity index (χ0) is 18.5. The van der Waals surface area contributed by atoms with Crippen LogP contribution in [0.25, 0.3) is 0 Å². The number of hydrogen-bond acceptors (Lipinski definition) is 5. The molecule has 1 amide bonds. The average molecular weight is 360 g/mol. The van der Waals surface area contributed by atoms with E-state index in [2.05, 4.69) is 10.3 Å². The van der Waals surface area contributed by atoms with Crippen LogP contribution < -0.4 is 15.8 Å². The van der Waals surface area contributed by atoms with Crippen molar-refractivity contribution in [2.75, 3.05) is 36.5 Å². The van der Waals surface area contributed by atoms with Gasteiger partial charge in [0.05, 0.1) is 19.6 Å². The molecule has 0 bridgehead atoms. The van der Waals surface area contributed by atoms with Crippen LogP contribution in [0.5, 0.6) is 0 Å². The minimum atomic E-state index is -0.373. The van der Waals surface area contributed by atoms with Crippen LogP contribution in [-0.2, 0) is 22.5 Å². The van der Waals surface area contributed by atoms with Gasteiger partial charge in [0.15, 0.2) is 0 Å². The van der Waals surface area contributed by atoms with Crippen LogP contribution in [-0.4, -0.2) is 41.8 Å². The lowest BCUT2D eigenvalue weighted by atomic mass is 10.3. The van der Waals surface area contributed by atoms with E-state index in [1.54, 1.807) is 0 Å². The van der Waals surface area contributed by atoms with Crippen LogP contribution in [0.3, 0.4) is 0 Å². The summed E-state index contributed by atoms with van der Waals surface area (Å²) < 4.78 is 19.8. The second kappa shape index (κ2) is 8.09. The lowest BCUT2D eigenvalue weighted by molar-refractivity contribution is -0.115. The smallest absolute Gasteiger partial charge is 0.255 e. The van der Waals surface area contributed by atoms with Crippen molar-refractivity contribution in [2.45, 2.75) is 19.9 Å². The molecule has 1 aromatic heterocycles. The molecule has 1 saturated heterocycles. The number of morpholine rings is 1. The van der Waals surface area contributed by atoms with Crippen molar-refractivity contribution >= 4 is 17.4 Å². The third-order valence-electron chi connectivity index (χ3n) is 4.17. The maximum Gasteiger partial charge on any atom is 0.255 e. The lowest BCUT2D eigenvalue weighted by Crippen LogP contribution is -2.38. The van der Waals surface area contributed by atoms with Crippen LogP contribution in [0.4, 0.5) is 15.9 Å². The molecule has 2 heterocycles. The number of nitrogens with zero attached hydrogens (tertiary/aromatic N) is 3. The highest BCUT2D eigenvalue weighted by atomic mass is 19.1. The van der Waals surface area contributed by atoms with Crippen LogP contribution in [0.15, 0.2) is 35.1 Å². The number of halogens is 1. The summed E-state index contributed by atoms with van der Waals surface area (Å²) in [6, 6.07) is 7.01. The molecule has 1 aliphatic rings. The number of ether oxygens (including phenoxy) is 1. The normalized spacial score (nSPS) is 14.3. The van der Waals surface area contributed by atoms with E-state index in [4.69, 9.17) is 4.74 Å². The molecule has 0 spiro atoms. The van der Waals surface area contributed by atoms with E-state index in [9.17, 15) is 14.0 Å². The lowest BCUT2D eigenvalue weighted by Gasteiger charge is -2.28. The summed E-state index contributed by atoms with van der Waals surface area (Å²) in [7, 11) is 0. The van der Waals surface area contributed by atoms with E-state index in [0.717, 1.165) is 0 Å². The summed E-state index contributed by atoms with van der Waals surface area (Å²) in [5.41, 5.74) is 0.305. The second-order valence-electron chi connectivity index (χ2n) is 5.94. The maximum atomic E-state index is 13.0. The minimum absolute atomic E-state index is 0.0430. The first-order valence-electron chi connectivity index (χ1n) is 8.55. The first-order valence-corrected chi connectivity index (χ1v) is 8.55. The highest BCUT2D eigenvalue weighted by Crippen LogP contribution is 2.13. The Balaban J connectivity index is 1.80. The van der Waals surface area contributed by atoms with Gasteiger partial charge < -0.3 is 15.0 Å². The molecule has 0 saturated carbocycles. The Morgan fingerprint density at radius 3 is 2.62 bits per heavy atom. The van der Waals surface area contributed by atoms with Crippen LogP contribution in [0, 0.1) is 5.82 Å². The fraction of sp³-hybridized carbons (Fsp3) is 0.389. The molecule has 0 radical (unpaired) electrons. The highest BCUT2D eigenvalue weighted by molar-refractivity contribution is 5.91. The number of amides is 1. The molecule has 1 fully saturated rings. The largest absolute Gasteiger partial charge is 0.378 e. The van der Waals surface area contributed by atoms with Gasteiger partial charge in [-0.3, -0.25) is 14.2 Å². The Bertz CT molecular complexity index is 829. The number of hydrogen-bond donors (Lipinski definition) is 1. The first-order chi connectivity index (χ1) is 12.6. The number of aromatic nitrogens is 2. The van der Waals surface area contributed by atoms with Crippen molar-refractivity contribution in [1.82, 2.24) is 9.55 Å². The van der Waals surface area contributed by atoms with E-state index in [-0.39, 0.29) is 23.7 Å². The molecule has 8 heteroatoms. The fourth-order valence-corrected chi connectivity index (χ4v) is 2.85. The van der Waals surface area contributed by atoms with Gasteiger partial charge in [-0.05, 0) is 31.2 Å². The molecule has 0 unspecified atom stereocenters. The van der Waals surface area contributed by atoms with Gasteiger partial charge in [-0.15, -0.1) is 0 Å². The van der Waals surface area contributed by atoms with Crippen molar-refractivity contribution in [3.8, 4) is 0 Å². The molecule has 0 atom stereocenters. The predicted octanol–water partition coefficient (Wildman–Crippen LogP) is 1.42. The predicted molar refractivity (Wildman–Crippen MR) is 95.9 cm³/mol. The molecule has 1 aromatic carbocycles. The Morgan fingerprint density at radius 1 is 1.27 bits per heavy atom. The van der Waals surface area contributed by atoms with Crippen molar-refractivity contribution < 1.29 is 13.9 Å². The topological polar surface area (TPSA) is 76.5 Å². The van der Waals surface area contributed by atoms with Gasteiger partial charge in [0, 0.05) is 31.4 Å². The molecule has 7 nitrogen and oxygen atoms in total. The molecule has 138 valence electrons. The molecule has 1 aliphatic heterocycles. The molecular formula is C18H21FN4O3. The van der Waals surface area contributed by atoms with Crippen molar-refractivity contribution in [1.29, 1.82) is 0 Å². The van der Waals surface area contributed by atoms with Crippen LogP contribution in [0.2, 0.25) is 0 Å². The quantitative estimate of drug-likeness (QED) is 0.873. The van der Waals surface area contributed by atoms with E-state index in [1.165, 1.54) is 34.9 Å².